The smallest absolute Gasteiger partial charge is 0.264 e. The molecule has 2 aliphatic rings. The summed E-state index contributed by atoms with van der Waals surface area (Å²) in [5, 5.41) is 10.0. The first-order chi connectivity index (χ1) is 12.2. The maximum Gasteiger partial charge on any atom is 0.264 e. The lowest BCUT2D eigenvalue weighted by Crippen LogP contribution is -2.46. The van der Waals surface area contributed by atoms with E-state index in [-0.39, 0.29) is 30.1 Å². The predicted octanol–water partition coefficient (Wildman–Crippen LogP) is 3.05. The molecule has 0 aromatic heterocycles. The summed E-state index contributed by atoms with van der Waals surface area (Å²) in [7, 11) is -2.65. The quantitative estimate of drug-likeness (QED) is 0.593. The molecule has 0 bridgehead atoms. The third kappa shape index (κ3) is 2.75. The van der Waals surface area contributed by atoms with Gasteiger partial charge in [-0.05, 0) is 37.7 Å². The summed E-state index contributed by atoms with van der Waals surface area (Å²) in [4.78, 5) is 26.1. The van der Waals surface area contributed by atoms with E-state index < -0.39 is 13.9 Å². The number of carbonyl (C=O) groups is 1. The summed E-state index contributed by atoms with van der Waals surface area (Å²) in [6, 6.07) is 5.38. The Morgan fingerprint density at radius 1 is 1.46 bits per heavy atom. The van der Waals surface area contributed by atoms with E-state index in [4.69, 9.17) is 16.3 Å². The highest BCUT2D eigenvalue weighted by molar-refractivity contribution is 6.71. The molecule has 1 aromatic rings. The normalized spacial score (nSPS) is 30.9. The van der Waals surface area contributed by atoms with E-state index in [0.29, 0.717) is 18.0 Å². The molecule has 2 aliphatic heterocycles. The molecule has 0 radical (unpaired) electrons. The lowest BCUT2D eigenvalue weighted by molar-refractivity contribution is -0.146. The molecule has 1 aromatic carbocycles. The van der Waals surface area contributed by atoms with Gasteiger partial charge in [-0.15, -0.1) is 6.58 Å². The zero-order chi connectivity index (χ0) is 19.3. The van der Waals surface area contributed by atoms with Crippen molar-refractivity contribution in [2.45, 2.75) is 43.7 Å². The first-order valence-electron chi connectivity index (χ1n) is 8.92. The molecule has 2 N–H and O–H groups in total. The number of anilines is 1. The maximum atomic E-state index is 13.5. The summed E-state index contributed by atoms with van der Waals surface area (Å²) < 4.78 is 6.40. The van der Waals surface area contributed by atoms with Gasteiger partial charge in [-0.1, -0.05) is 24.6 Å². The second kappa shape index (κ2) is 6.76. The van der Waals surface area contributed by atoms with Crippen LogP contribution in [0.1, 0.15) is 18.9 Å². The Morgan fingerprint density at radius 2 is 2.15 bits per heavy atom. The lowest BCUT2D eigenvalue weighted by Gasteiger charge is -2.32. The van der Waals surface area contributed by atoms with Crippen LogP contribution in [-0.2, 0) is 15.1 Å². The molecule has 1 fully saturated rings. The van der Waals surface area contributed by atoms with Crippen molar-refractivity contribution >= 4 is 31.5 Å². The van der Waals surface area contributed by atoms with Gasteiger partial charge < -0.3 is 19.5 Å². The van der Waals surface area contributed by atoms with Gasteiger partial charge in [0.15, 0.2) is 13.9 Å². The number of hydrogen-bond donors (Lipinski definition) is 2. The maximum absolute atomic E-state index is 13.5. The molecule has 3 rings (SSSR count). The average Bonchev–Trinajstić information content (AvgIpc) is 2.96. The molecule has 7 heteroatoms. The van der Waals surface area contributed by atoms with Gasteiger partial charge in [0, 0.05) is 35.2 Å². The summed E-state index contributed by atoms with van der Waals surface area (Å²) in [5.74, 6) is -0.379. The minimum absolute atomic E-state index is 0.0542. The van der Waals surface area contributed by atoms with Gasteiger partial charge >= 0.3 is 0 Å². The number of amides is 1. The van der Waals surface area contributed by atoms with E-state index >= 15 is 0 Å². The van der Waals surface area contributed by atoms with E-state index in [9.17, 15) is 14.7 Å². The summed E-state index contributed by atoms with van der Waals surface area (Å²) in [5.41, 5.74) is 0.162. The van der Waals surface area contributed by atoms with Crippen LogP contribution in [-0.4, -0.2) is 43.4 Å². The summed E-state index contributed by atoms with van der Waals surface area (Å²) in [6.07, 6.45) is 1.70. The molecule has 4 atom stereocenters. The van der Waals surface area contributed by atoms with Crippen LogP contribution in [0, 0.1) is 5.92 Å². The van der Waals surface area contributed by atoms with Crippen LogP contribution in [0.4, 0.5) is 5.69 Å². The molecule has 0 unspecified atom stereocenters. The van der Waals surface area contributed by atoms with Crippen molar-refractivity contribution in [1.29, 1.82) is 0 Å². The number of carbonyl (C=O) groups excluding carboxylic acids is 1. The predicted molar refractivity (Wildman–Crippen MR) is 105 cm³/mol. The summed E-state index contributed by atoms with van der Waals surface area (Å²) >= 11 is 6.24. The van der Waals surface area contributed by atoms with Crippen molar-refractivity contribution in [2.24, 2.45) is 5.92 Å². The number of nitrogens with zero attached hydrogens (tertiary/aromatic N) is 1. The van der Waals surface area contributed by atoms with Gasteiger partial charge in [0.25, 0.3) is 5.91 Å². The van der Waals surface area contributed by atoms with E-state index in [2.05, 4.69) is 6.58 Å². The highest BCUT2D eigenvalue weighted by Gasteiger charge is 2.65. The van der Waals surface area contributed by atoms with E-state index in [0.717, 1.165) is 11.3 Å². The molecular weight excluding hydrogens is 370 g/mol. The molecule has 0 saturated carbocycles. The fourth-order valence-corrected chi connectivity index (χ4v) is 7.53. The topological polar surface area (TPSA) is 70.0 Å². The molecule has 0 aliphatic carbocycles. The Morgan fingerprint density at radius 3 is 2.73 bits per heavy atom. The minimum atomic E-state index is -2.65. The average molecular weight is 396 g/mol. The molecule has 2 heterocycles. The Labute approximate surface area is 160 Å². The number of aliphatic hydroxyl groups is 1. The molecule has 26 heavy (non-hydrogen) atoms. The zero-order valence-corrected chi connectivity index (χ0v) is 17.2. The molecular formula is C19H26ClNO4Si. The van der Waals surface area contributed by atoms with Gasteiger partial charge in [0.05, 0.1) is 11.8 Å². The van der Waals surface area contributed by atoms with Crippen LogP contribution in [0.15, 0.2) is 30.9 Å². The first-order valence-corrected chi connectivity index (χ1v) is 12.3. The van der Waals surface area contributed by atoms with Crippen molar-refractivity contribution in [2.75, 3.05) is 18.1 Å². The van der Waals surface area contributed by atoms with E-state index in [1.54, 1.807) is 23.1 Å². The molecule has 5 nitrogen and oxygen atoms in total. The van der Waals surface area contributed by atoms with Crippen LogP contribution < -0.4 is 4.90 Å². The Kier molecular flexibility index (Phi) is 5.09. The van der Waals surface area contributed by atoms with Crippen LogP contribution >= 0.6 is 11.6 Å². The van der Waals surface area contributed by atoms with Gasteiger partial charge in [-0.25, -0.2) is 0 Å². The number of benzene rings is 1. The Bertz CT molecular complexity index is 735. The van der Waals surface area contributed by atoms with Gasteiger partial charge in [0.2, 0.25) is 0 Å². The highest BCUT2D eigenvalue weighted by atomic mass is 35.5. The standard InChI is InChI=1S/C19H26ClNO4Si/c1-5-9-21-15-7-6-13(20)11-14(15)19(18(21)23)12(2)17(26(3,4)24)16(25-19)8-10-22/h5-7,11-12,16-17,22,24H,1,8-10H2,2-4H3/t12-,16+,17-,19+/m0/s1. The second-order valence-corrected chi connectivity index (χ2v) is 12.1. The molecule has 142 valence electrons. The van der Waals surface area contributed by atoms with E-state index in [1.165, 1.54) is 0 Å². The number of aliphatic hydroxyl groups excluding tert-OH is 1. The third-order valence-corrected chi connectivity index (χ3v) is 8.41. The number of rotatable bonds is 5. The van der Waals surface area contributed by atoms with Crippen LogP contribution in [0.3, 0.4) is 0 Å². The lowest BCUT2D eigenvalue weighted by atomic mass is 9.82. The largest absolute Gasteiger partial charge is 0.432 e. The number of ether oxygens (including phenoxy) is 1. The first kappa shape index (κ1) is 19.6. The van der Waals surface area contributed by atoms with Crippen molar-refractivity contribution < 1.29 is 19.4 Å². The third-order valence-electron chi connectivity index (χ3n) is 5.67. The van der Waals surface area contributed by atoms with Crippen molar-refractivity contribution in [3.05, 3.63) is 41.4 Å². The molecule has 1 saturated heterocycles. The SMILES string of the molecule is C=CCN1C(=O)[C@]2(O[C@H](CCO)[C@@H]([Si](C)(C)O)[C@@H]2C)c2cc(Cl)ccc21. The second-order valence-electron chi connectivity index (χ2n) is 7.74. The van der Waals surface area contributed by atoms with Crippen LogP contribution in [0.2, 0.25) is 23.7 Å². The van der Waals surface area contributed by atoms with Crippen molar-refractivity contribution in [3.63, 3.8) is 0 Å². The van der Waals surface area contributed by atoms with Crippen LogP contribution in [0.25, 0.3) is 0 Å². The number of halogens is 1. The Balaban J connectivity index is 2.18. The fourth-order valence-electron chi connectivity index (χ4n) is 4.76. The van der Waals surface area contributed by atoms with Gasteiger partial charge in [-0.3, -0.25) is 4.79 Å². The number of hydrogen-bond acceptors (Lipinski definition) is 4. The minimum Gasteiger partial charge on any atom is -0.432 e. The summed E-state index contributed by atoms with van der Waals surface area (Å²) in [6.45, 7) is 9.77. The Hall–Kier alpha value is -1.18. The van der Waals surface area contributed by atoms with Crippen molar-refractivity contribution in [1.82, 2.24) is 0 Å². The van der Waals surface area contributed by atoms with Gasteiger partial charge in [0.1, 0.15) is 0 Å². The number of fused-ring (bicyclic) bond motifs is 2. The van der Waals surface area contributed by atoms with Crippen molar-refractivity contribution in [3.8, 4) is 0 Å². The fraction of sp³-hybridized carbons (Fsp3) is 0.526. The van der Waals surface area contributed by atoms with E-state index in [1.807, 2.05) is 26.1 Å². The zero-order valence-electron chi connectivity index (χ0n) is 15.4. The highest BCUT2D eigenvalue weighted by Crippen LogP contribution is 2.59. The monoisotopic (exact) mass is 395 g/mol. The van der Waals surface area contributed by atoms with Gasteiger partial charge in [-0.2, -0.15) is 0 Å². The molecule has 1 amide bonds. The molecule has 1 spiro atoms. The van der Waals surface area contributed by atoms with Crippen LogP contribution in [0.5, 0.6) is 0 Å².